The molecular formula is C10H21N3O3S. The van der Waals surface area contributed by atoms with Crippen molar-refractivity contribution in [3.63, 3.8) is 0 Å². The maximum Gasteiger partial charge on any atom is 0.237 e. The van der Waals surface area contributed by atoms with E-state index in [4.69, 9.17) is 11.5 Å². The lowest BCUT2D eigenvalue weighted by molar-refractivity contribution is -0.122. The van der Waals surface area contributed by atoms with Crippen LogP contribution in [0.25, 0.3) is 0 Å². The molecule has 1 saturated heterocycles. The van der Waals surface area contributed by atoms with Gasteiger partial charge in [-0.05, 0) is 26.3 Å². The number of carbonyl (C=O) groups excluding carboxylic acids is 1. The minimum atomic E-state index is -2.89. The fourth-order valence-corrected chi connectivity index (χ4v) is 3.04. The van der Waals surface area contributed by atoms with Gasteiger partial charge in [-0.25, -0.2) is 8.42 Å². The number of sulfone groups is 1. The molecule has 0 saturated carbocycles. The number of amides is 1. The lowest BCUT2D eigenvalue weighted by Gasteiger charge is -2.25. The molecule has 1 aliphatic rings. The van der Waals surface area contributed by atoms with Gasteiger partial charge < -0.3 is 16.4 Å². The summed E-state index contributed by atoms with van der Waals surface area (Å²) in [6, 6.07) is 0. The molecule has 1 heterocycles. The highest BCUT2D eigenvalue weighted by Gasteiger charge is 2.27. The Morgan fingerprint density at radius 3 is 2.59 bits per heavy atom. The first-order valence-electron chi connectivity index (χ1n) is 5.74. The lowest BCUT2D eigenvalue weighted by Crippen LogP contribution is -2.51. The molecule has 4 N–H and O–H groups in total. The molecule has 17 heavy (non-hydrogen) atoms. The summed E-state index contributed by atoms with van der Waals surface area (Å²) in [5, 5.41) is 0. The van der Waals surface area contributed by atoms with Crippen LogP contribution in [0.1, 0.15) is 19.8 Å². The minimum absolute atomic E-state index is 0.185. The molecule has 0 aromatic heterocycles. The summed E-state index contributed by atoms with van der Waals surface area (Å²) >= 11 is 0. The van der Waals surface area contributed by atoms with Crippen molar-refractivity contribution >= 4 is 15.7 Å². The molecule has 0 spiro atoms. The van der Waals surface area contributed by atoms with Crippen LogP contribution in [0.2, 0.25) is 0 Å². The number of hydrogen-bond donors (Lipinski definition) is 2. The topological polar surface area (TPSA) is 106 Å². The van der Waals surface area contributed by atoms with Crippen LogP contribution in [-0.4, -0.2) is 55.9 Å². The number of hydrogen-bond acceptors (Lipinski definition) is 5. The van der Waals surface area contributed by atoms with Crippen LogP contribution in [0.5, 0.6) is 0 Å². The summed E-state index contributed by atoms with van der Waals surface area (Å²) in [4.78, 5) is 13.1. The number of primary amides is 1. The van der Waals surface area contributed by atoms with Crippen molar-refractivity contribution in [2.75, 3.05) is 31.1 Å². The van der Waals surface area contributed by atoms with E-state index < -0.39 is 21.3 Å². The van der Waals surface area contributed by atoms with E-state index in [1.54, 1.807) is 6.92 Å². The summed E-state index contributed by atoms with van der Waals surface area (Å²) < 4.78 is 22.8. The largest absolute Gasteiger partial charge is 0.368 e. The van der Waals surface area contributed by atoms with Gasteiger partial charge in [0.15, 0.2) is 9.84 Å². The van der Waals surface area contributed by atoms with Gasteiger partial charge >= 0.3 is 0 Å². The van der Waals surface area contributed by atoms with Gasteiger partial charge in [0, 0.05) is 13.1 Å². The van der Waals surface area contributed by atoms with Gasteiger partial charge in [0.1, 0.15) is 0 Å². The Morgan fingerprint density at radius 1 is 1.35 bits per heavy atom. The molecule has 1 unspecified atom stereocenters. The summed E-state index contributed by atoms with van der Waals surface area (Å²) in [5.74, 6) is -0.0932. The molecule has 1 rings (SSSR count). The van der Waals surface area contributed by atoms with Crippen molar-refractivity contribution in [2.24, 2.45) is 11.5 Å². The first-order chi connectivity index (χ1) is 7.73. The summed E-state index contributed by atoms with van der Waals surface area (Å²) in [6.07, 6.45) is 1.09. The molecule has 0 radical (unpaired) electrons. The van der Waals surface area contributed by atoms with E-state index in [0.29, 0.717) is 25.9 Å². The third-order valence-corrected chi connectivity index (χ3v) is 4.87. The van der Waals surface area contributed by atoms with E-state index >= 15 is 0 Å². The van der Waals surface area contributed by atoms with Gasteiger partial charge in [0.25, 0.3) is 0 Å². The average Bonchev–Trinajstić information content (AvgIpc) is 2.36. The van der Waals surface area contributed by atoms with Crippen molar-refractivity contribution in [3.05, 3.63) is 0 Å². The fraction of sp³-hybridized carbons (Fsp3) is 0.900. The van der Waals surface area contributed by atoms with E-state index in [1.165, 1.54) is 0 Å². The van der Waals surface area contributed by atoms with Crippen LogP contribution in [0.3, 0.4) is 0 Å². The van der Waals surface area contributed by atoms with Crippen molar-refractivity contribution in [1.82, 2.24) is 4.90 Å². The van der Waals surface area contributed by atoms with E-state index in [0.717, 1.165) is 6.54 Å². The van der Waals surface area contributed by atoms with Crippen LogP contribution >= 0.6 is 0 Å². The Bertz CT molecular complexity index is 378. The van der Waals surface area contributed by atoms with E-state index in [1.807, 2.05) is 4.90 Å². The standard InChI is InChI=1S/C10H21N3O3S/c1-10(12,9(11)14)3-5-13-4-2-7-17(15,16)8-6-13/h2-8,12H2,1H3,(H2,11,14). The Balaban J connectivity index is 2.46. The molecule has 1 fully saturated rings. The molecule has 7 heteroatoms. The van der Waals surface area contributed by atoms with Crippen LogP contribution in [0.15, 0.2) is 0 Å². The quantitative estimate of drug-likeness (QED) is 0.655. The highest BCUT2D eigenvalue weighted by atomic mass is 32.2. The van der Waals surface area contributed by atoms with Gasteiger partial charge in [0.2, 0.25) is 5.91 Å². The number of carbonyl (C=O) groups is 1. The molecule has 1 amide bonds. The van der Waals surface area contributed by atoms with Crippen molar-refractivity contribution in [1.29, 1.82) is 0 Å². The van der Waals surface area contributed by atoms with Gasteiger partial charge in [-0.3, -0.25) is 4.79 Å². The third-order valence-electron chi connectivity index (χ3n) is 3.16. The monoisotopic (exact) mass is 263 g/mol. The van der Waals surface area contributed by atoms with Crippen LogP contribution in [0, 0.1) is 0 Å². The molecule has 100 valence electrons. The second-order valence-electron chi connectivity index (χ2n) is 4.88. The third kappa shape index (κ3) is 4.61. The van der Waals surface area contributed by atoms with Crippen LogP contribution < -0.4 is 11.5 Å². The maximum atomic E-state index is 11.4. The number of nitrogens with two attached hydrogens (primary N) is 2. The number of rotatable bonds is 4. The van der Waals surface area contributed by atoms with Gasteiger partial charge in [-0.1, -0.05) is 0 Å². The summed E-state index contributed by atoms with van der Waals surface area (Å²) in [5.41, 5.74) is 9.91. The Labute approximate surface area is 102 Å². The van der Waals surface area contributed by atoms with E-state index in [-0.39, 0.29) is 11.5 Å². The Hall–Kier alpha value is -0.660. The molecular weight excluding hydrogens is 242 g/mol. The SMILES string of the molecule is CC(N)(CCN1CCCS(=O)(=O)CC1)C(N)=O. The van der Waals surface area contributed by atoms with Gasteiger partial charge in [-0.15, -0.1) is 0 Å². The fourth-order valence-electron chi connectivity index (χ4n) is 1.73. The van der Waals surface area contributed by atoms with Crippen molar-refractivity contribution < 1.29 is 13.2 Å². The molecule has 1 aliphatic heterocycles. The predicted octanol–water partition coefficient (Wildman–Crippen LogP) is -1.30. The highest BCUT2D eigenvalue weighted by molar-refractivity contribution is 7.91. The van der Waals surface area contributed by atoms with E-state index in [9.17, 15) is 13.2 Å². The Morgan fingerprint density at radius 2 is 2.00 bits per heavy atom. The van der Waals surface area contributed by atoms with Gasteiger partial charge in [-0.2, -0.15) is 0 Å². The summed E-state index contributed by atoms with van der Waals surface area (Å²) in [7, 11) is -2.89. The zero-order valence-corrected chi connectivity index (χ0v) is 11.0. The average molecular weight is 263 g/mol. The van der Waals surface area contributed by atoms with Gasteiger partial charge in [0.05, 0.1) is 17.0 Å². The first kappa shape index (κ1) is 14.4. The Kier molecular flexibility index (Phi) is 4.51. The zero-order chi connectivity index (χ0) is 13.1. The van der Waals surface area contributed by atoms with Crippen LogP contribution in [-0.2, 0) is 14.6 Å². The normalized spacial score (nSPS) is 24.8. The molecule has 6 nitrogen and oxygen atoms in total. The highest BCUT2D eigenvalue weighted by Crippen LogP contribution is 2.10. The molecule has 0 bridgehead atoms. The smallest absolute Gasteiger partial charge is 0.237 e. The molecule has 0 aromatic rings. The maximum absolute atomic E-state index is 11.4. The summed E-state index contributed by atoms with van der Waals surface area (Å²) in [6.45, 7) is 3.45. The molecule has 1 atom stereocenters. The number of nitrogens with zero attached hydrogens (tertiary/aromatic N) is 1. The second kappa shape index (κ2) is 5.32. The minimum Gasteiger partial charge on any atom is -0.368 e. The van der Waals surface area contributed by atoms with Crippen molar-refractivity contribution in [2.45, 2.75) is 25.3 Å². The second-order valence-corrected chi connectivity index (χ2v) is 7.18. The molecule has 0 aliphatic carbocycles. The lowest BCUT2D eigenvalue weighted by atomic mass is 9.98. The van der Waals surface area contributed by atoms with E-state index in [2.05, 4.69) is 0 Å². The zero-order valence-electron chi connectivity index (χ0n) is 10.2. The predicted molar refractivity (Wildman–Crippen MR) is 66.1 cm³/mol. The first-order valence-corrected chi connectivity index (χ1v) is 7.57. The van der Waals surface area contributed by atoms with Crippen molar-refractivity contribution in [3.8, 4) is 0 Å². The van der Waals surface area contributed by atoms with Crippen LogP contribution in [0.4, 0.5) is 0 Å². The molecule has 0 aromatic carbocycles.